The Balaban J connectivity index is 2.24. The summed E-state index contributed by atoms with van der Waals surface area (Å²) in [5, 5.41) is 3.37. The van der Waals surface area contributed by atoms with Crippen LogP contribution in [0.5, 0.6) is 0 Å². The Morgan fingerprint density at radius 2 is 2.17 bits per heavy atom. The molecule has 3 heteroatoms. The van der Waals surface area contributed by atoms with Crippen LogP contribution in [0.4, 0.5) is 0 Å². The zero-order valence-corrected chi connectivity index (χ0v) is 7.38. The van der Waals surface area contributed by atoms with E-state index in [9.17, 15) is 9.59 Å². The highest BCUT2D eigenvalue weighted by Gasteiger charge is 2.31. The second-order valence-corrected chi connectivity index (χ2v) is 3.24. The molecular formula is C9H14NO2. The summed E-state index contributed by atoms with van der Waals surface area (Å²) in [6.45, 7) is 2.12. The molecule has 1 heterocycles. The summed E-state index contributed by atoms with van der Waals surface area (Å²) in [4.78, 5) is 21.7. The van der Waals surface area contributed by atoms with Crippen LogP contribution in [-0.4, -0.2) is 11.8 Å². The van der Waals surface area contributed by atoms with Crippen LogP contribution in [0.2, 0.25) is 0 Å². The fourth-order valence-corrected chi connectivity index (χ4v) is 1.42. The van der Waals surface area contributed by atoms with E-state index in [1.54, 1.807) is 0 Å². The Hall–Kier alpha value is -0.860. The lowest BCUT2D eigenvalue weighted by molar-refractivity contribution is -0.126. The smallest absolute Gasteiger partial charge is 0.252 e. The summed E-state index contributed by atoms with van der Waals surface area (Å²) in [5.74, 6) is -0.526. The van der Waals surface area contributed by atoms with Gasteiger partial charge in [0.15, 0.2) is 0 Å². The average Bonchev–Trinajstić information content (AvgIpc) is 2.31. The number of imide groups is 1. The number of hydrogen-bond acceptors (Lipinski definition) is 2. The van der Waals surface area contributed by atoms with E-state index in [2.05, 4.69) is 12.2 Å². The van der Waals surface area contributed by atoms with Crippen LogP contribution in [-0.2, 0) is 9.59 Å². The largest absolute Gasteiger partial charge is 0.272 e. The van der Waals surface area contributed by atoms with Crippen LogP contribution in [0.15, 0.2) is 0 Å². The van der Waals surface area contributed by atoms with E-state index in [0.717, 1.165) is 25.7 Å². The Morgan fingerprint density at radius 3 is 2.67 bits per heavy atom. The van der Waals surface area contributed by atoms with Crippen molar-refractivity contribution < 1.29 is 9.59 Å². The molecule has 3 nitrogen and oxygen atoms in total. The fourth-order valence-electron chi connectivity index (χ4n) is 1.42. The lowest BCUT2D eigenvalue weighted by Gasteiger charge is -2.02. The van der Waals surface area contributed by atoms with Gasteiger partial charge in [-0.15, -0.1) is 0 Å². The first-order chi connectivity index (χ1) is 5.74. The Labute approximate surface area is 72.5 Å². The van der Waals surface area contributed by atoms with Crippen molar-refractivity contribution in [3.05, 3.63) is 0 Å². The Morgan fingerprint density at radius 1 is 1.42 bits per heavy atom. The molecule has 0 N–H and O–H groups in total. The maximum absolute atomic E-state index is 11.0. The van der Waals surface area contributed by atoms with Gasteiger partial charge in [0.05, 0.1) is 0 Å². The van der Waals surface area contributed by atoms with Crippen molar-refractivity contribution in [3.63, 3.8) is 0 Å². The molecule has 0 aromatic carbocycles. The first-order valence-electron chi connectivity index (χ1n) is 4.52. The highest BCUT2D eigenvalue weighted by atomic mass is 16.2. The molecule has 1 unspecified atom stereocenters. The molecule has 1 aliphatic rings. The van der Waals surface area contributed by atoms with E-state index in [4.69, 9.17) is 0 Å². The third kappa shape index (κ3) is 2.32. The quantitative estimate of drug-likeness (QED) is 0.468. The van der Waals surface area contributed by atoms with E-state index in [0.29, 0.717) is 6.42 Å². The van der Waals surface area contributed by atoms with Crippen molar-refractivity contribution in [2.45, 2.75) is 39.0 Å². The van der Waals surface area contributed by atoms with E-state index < -0.39 is 0 Å². The number of amides is 2. The first kappa shape index (κ1) is 9.23. The average molecular weight is 168 g/mol. The van der Waals surface area contributed by atoms with Crippen LogP contribution < -0.4 is 5.32 Å². The molecule has 67 valence electrons. The van der Waals surface area contributed by atoms with E-state index in [-0.39, 0.29) is 17.7 Å². The van der Waals surface area contributed by atoms with Crippen molar-refractivity contribution in [2.75, 3.05) is 0 Å². The molecule has 0 aliphatic carbocycles. The van der Waals surface area contributed by atoms with Crippen molar-refractivity contribution in [2.24, 2.45) is 5.92 Å². The van der Waals surface area contributed by atoms with Crippen molar-refractivity contribution in [3.8, 4) is 0 Å². The third-order valence-corrected chi connectivity index (χ3v) is 2.16. The van der Waals surface area contributed by atoms with Gasteiger partial charge in [0.2, 0.25) is 5.91 Å². The van der Waals surface area contributed by atoms with Crippen LogP contribution >= 0.6 is 0 Å². The molecule has 1 atom stereocenters. The summed E-state index contributed by atoms with van der Waals surface area (Å²) in [6, 6.07) is 0. The maximum Gasteiger partial charge on any atom is 0.252 e. The normalized spacial score (nSPS) is 22.9. The molecule has 0 bridgehead atoms. The van der Waals surface area contributed by atoms with E-state index in [1.165, 1.54) is 0 Å². The molecular weight excluding hydrogens is 154 g/mol. The SMILES string of the molecule is CCCCCC1CC(=O)[N]C1=O. The minimum Gasteiger partial charge on any atom is -0.272 e. The summed E-state index contributed by atoms with van der Waals surface area (Å²) >= 11 is 0. The van der Waals surface area contributed by atoms with Gasteiger partial charge in [-0.05, 0) is 6.42 Å². The number of rotatable bonds is 4. The van der Waals surface area contributed by atoms with Crippen LogP contribution in [0, 0.1) is 5.92 Å². The van der Waals surface area contributed by atoms with Crippen molar-refractivity contribution in [1.29, 1.82) is 0 Å². The van der Waals surface area contributed by atoms with Gasteiger partial charge in [0.1, 0.15) is 0 Å². The van der Waals surface area contributed by atoms with Gasteiger partial charge < -0.3 is 0 Å². The molecule has 0 aromatic rings. The first-order valence-corrected chi connectivity index (χ1v) is 4.52. The maximum atomic E-state index is 11.0. The van der Waals surface area contributed by atoms with Gasteiger partial charge in [-0.3, -0.25) is 9.59 Å². The molecule has 2 amide bonds. The Kier molecular flexibility index (Phi) is 3.26. The molecule has 0 aromatic heterocycles. The summed E-state index contributed by atoms with van der Waals surface area (Å²) < 4.78 is 0. The van der Waals surface area contributed by atoms with Gasteiger partial charge in [-0.2, -0.15) is 5.32 Å². The third-order valence-electron chi connectivity index (χ3n) is 2.16. The minimum atomic E-state index is -0.235. The number of unbranched alkanes of at least 4 members (excludes halogenated alkanes) is 2. The predicted molar refractivity (Wildman–Crippen MR) is 44.4 cm³/mol. The predicted octanol–water partition coefficient (Wildman–Crippen LogP) is 1.24. The standard InChI is InChI=1S/C9H14NO2/c1-2-3-4-5-7-6-8(11)10-9(7)12/h7H,2-6H2,1H3. The van der Waals surface area contributed by atoms with E-state index >= 15 is 0 Å². The zero-order chi connectivity index (χ0) is 8.97. The van der Waals surface area contributed by atoms with Crippen LogP contribution in [0.1, 0.15) is 39.0 Å². The molecule has 1 saturated heterocycles. The minimum absolute atomic E-state index is 0.0935. The monoisotopic (exact) mass is 168 g/mol. The summed E-state index contributed by atoms with van der Waals surface area (Å²) in [7, 11) is 0. The molecule has 1 fully saturated rings. The highest BCUT2D eigenvalue weighted by Crippen LogP contribution is 2.19. The lowest BCUT2D eigenvalue weighted by Crippen LogP contribution is -2.14. The van der Waals surface area contributed by atoms with Gasteiger partial charge in [0, 0.05) is 12.3 Å². The van der Waals surface area contributed by atoms with Crippen molar-refractivity contribution >= 4 is 11.8 Å². The Bertz CT molecular complexity index is 189. The zero-order valence-electron chi connectivity index (χ0n) is 7.38. The van der Waals surface area contributed by atoms with Crippen LogP contribution in [0.25, 0.3) is 0 Å². The highest BCUT2D eigenvalue weighted by molar-refractivity contribution is 6.02. The number of carbonyl (C=O) groups excluding carboxylic acids is 2. The second-order valence-electron chi connectivity index (χ2n) is 3.24. The molecule has 0 saturated carbocycles. The van der Waals surface area contributed by atoms with Gasteiger partial charge in [-0.1, -0.05) is 26.2 Å². The lowest BCUT2D eigenvalue weighted by atomic mass is 10.00. The fraction of sp³-hybridized carbons (Fsp3) is 0.778. The van der Waals surface area contributed by atoms with Gasteiger partial charge in [-0.25, -0.2) is 0 Å². The van der Waals surface area contributed by atoms with E-state index in [1.807, 2.05) is 0 Å². The van der Waals surface area contributed by atoms with Crippen molar-refractivity contribution in [1.82, 2.24) is 5.32 Å². The topological polar surface area (TPSA) is 48.2 Å². The molecule has 0 spiro atoms. The molecule has 1 radical (unpaired) electrons. The molecule has 1 rings (SSSR count). The van der Waals surface area contributed by atoms with Crippen LogP contribution in [0.3, 0.4) is 0 Å². The summed E-state index contributed by atoms with van der Waals surface area (Å²) in [5.41, 5.74) is 0. The van der Waals surface area contributed by atoms with Gasteiger partial charge in [0.25, 0.3) is 5.91 Å². The number of hydrogen-bond donors (Lipinski definition) is 0. The second kappa shape index (κ2) is 4.24. The number of carbonyl (C=O) groups is 2. The number of nitrogens with zero attached hydrogens (tertiary/aromatic N) is 1. The summed E-state index contributed by atoms with van der Waals surface area (Å²) in [6.07, 6.45) is 4.50. The van der Waals surface area contributed by atoms with Gasteiger partial charge >= 0.3 is 0 Å². The molecule has 1 aliphatic heterocycles. The molecule has 12 heavy (non-hydrogen) atoms.